The molecule has 0 bridgehead atoms. The van der Waals surface area contributed by atoms with E-state index < -0.39 is 0 Å². The summed E-state index contributed by atoms with van der Waals surface area (Å²) in [6.07, 6.45) is 10.00. The lowest BCUT2D eigenvalue weighted by Gasteiger charge is -2.14. The summed E-state index contributed by atoms with van der Waals surface area (Å²) >= 11 is 0. The third-order valence-electron chi connectivity index (χ3n) is 5.87. The van der Waals surface area contributed by atoms with Crippen molar-refractivity contribution in [3.05, 3.63) is 89.9 Å². The average molecular weight is 426 g/mol. The number of likely N-dealkylation sites (tertiary alicyclic amines) is 1. The molecule has 3 aromatic heterocycles. The highest BCUT2D eigenvalue weighted by Gasteiger charge is 2.13. The van der Waals surface area contributed by atoms with E-state index in [0.29, 0.717) is 11.3 Å². The standard InChI is InChI=1S/C26H23FN4O/c27-23-5-3-19(4-6-23)26(32)12-24-11-20-10-22(15-30-25(20)16-29-24)21-9-18(13-28-14-21)17-31-7-1-2-8-31/h3-6,9-11,13-16H,1-2,7-8,12,17H2. The second-order valence-corrected chi connectivity index (χ2v) is 8.26. The maximum absolute atomic E-state index is 13.1. The first-order chi connectivity index (χ1) is 15.6. The minimum absolute atomic E-state index is 0.0974. The molecule has 32 heavy (non-hydrogen) atoms. The highest BCUT2D eigenvalue weighted by atomic mass is 19.1. The Balaban J connectivity index is 1.38. The van der Waals surface area contributed by atoms with Gasteiger partial charge in [0.2, 0.25) is 0 Å². The van der Waals surface area contributed by atoms with Gasteiger partial charge >= 0.3 is 0 Å². The molecule has 0 spiro atoms. The van der Waals surface area contributed by atoms with E-state index in [2.05, 4.69) is 32.0 Å². The number of rotatable bonds is 6. The number of ketones is 1. The van der Waals surface area contributed by atoms with E-state index in [1.54, 1.807) is 6.20 Å². The lowest BCUT2D eigenvalue weighted by molar-refractivity contribution is 0.0992. The molecule has 4 aromatic rings. The van der Waals surface area contributed by atoms with Crippen molar-refractivity contribution in [1.82, 2.24) is 19.9 Å². The number of carbonyl (C=O) groups excluding carboxylic acids is 1. The number of pyridine rings is 3. The fourth-order valence-corrected chi connectivity index (χ4v) is 4.16. The fourth-order valence-electron chi connectivity index (χ4n) is 4.16. The second kappa shape index (κ2) is 8.93. The number of hydrogen-bond donors (Lipinski definition) is 0. The zero-order valence-corrected chi connectivity index (χ0v) is 17.7. The quantitative estimate of drug-likeness (QED) is 0.413. The topological polar surface area (TPSA) is 59.0 Å². The summed E-state index contributed by atoms with van der Waals surface area (Å²) < 4.78 is 13.1. The van der Waals surface area contributed by atoms with Crippen LogP contribution in [0.4, 0.5) is 4.39 Å². The lowest BCUT2D eigenvalue weighted by atomic mass is 10.0. The number of hydrogen-bond acceptors (Lipinski definition) is 5. The van der Waals surface area contributed by atoms with Gasteiger partial charge in [-0.3, -0.25) is 24.6 Å². The summed E-state index contributed by atoms with van der Waals surface area (Å²) in [5.74, 6) is -0.456. The monoisotopic (exact) mass is 426 g/mol. The molecule has 5 nitrogen and oxygen atoms in total. The number of Topliss-reactive ketones (excluding diaryl/α,β-unsaturated/α-hetero) is 1. The maximum Gasteiger partial charge on any atom is 0.168 e. The van der Waals surface area contributed by atoms with Gasteiger partial charge in [-0.2, -0.15) is 0 Å². The van der Waals surface area contributed by atoms with Gasteiger partial charge in [0.05, 0.1) is 18.1 Å². The van der Waals surface area contributed by atoms with E-state index >= 15 is 0 Å². The van der Waals surface area contributed by atoms with E-state index in [4.69, 9.17) is 0 Å². The fraction of sp³-hybridized carbons (Fsp3) is 0.231. The molecule has 0 saturated carbocycles. The molecule has 0 radical (unpaired) electrons. The van der Waals surface area contributed by atoms with Gasteiger partial charge in [0.1, 0.15) is 5.82 Å². The Hall–Kier alpha value is -3.51. The molecule has 0 unspecified atom stereocenters. The zero-order valence-electron chi connectivity index (χ0n) is 17.7. The molecule has 1 aliphatic rings. The molecule has 0 N–H and O–H groups in total. The van der Waals surface area contributed by atoms with E-state index in [-0.39, 0.29) is 18.0 Å². The molecule has 4 heterocycles. The van der Waals surface area contributed by atoms with Crippen molar-refractivity contribution in [2.75, 3.05) is 13.1 Å². The van der Waals surface area contributed by atoms with Crippen LogP contribution in [0.3, 0.4) is 0 Å². The molecular formula is C26H23FN4O. The molecule has 0 aliphatic carbocycles. The SMILES string of the molecule is O=C(Cc1cc2cc(-c3cncc(CN4CCCC4)c3)cnc2cn1)c1ccc(F)cc1. The molecule has 1 fully saturated rings. The molecule has 0 amide bonds. The highest BCUT2D eigenvalue weighted by Crippen LogP contribution is 2.24. The number of benzene rings is 1. The van der Waals surface area contributed by atoms with Gasteiger partial charge in [0.15, 0.2) is 5.78 Å². The van der Waals surface area contributed by atoms with Crippen LogP contribution in [0.25, 0.3) is 22.0 Å². The predicted octanol–water partition coefficient (Wildman–Crippen LogP) is 4.85. The molecule has 6 heteroatoms. The molecule has 1 aliphatic heterocycles. The largest absolute Gasteiger partial charge is 0.299 e. The lowest BCUT2D eigenvalue weighted by Crippen LogP contribution is -2.18. The van der Waals surface area contributed by atoms with Crippen LogP contribution in [0.5, 0.6) is 0 Å². The number of halogens is 1. The van der Waals surface area contributed by atoms with Gasteiger partial charge in [-0.15, -0.1) is 0 Å². The number of fused-ring (bicyclic) bond motifs is 1. The highest BCUT2D eigenvalue weighted by molar-refractivity contribution is 5.97. The summed E-state index contributed by atoms with van der Waals surface area (Å²) in [5, 5.41) is 0.921. The van der Waals surface area contributed by atoms with E-state index in [9.17, 15) is 9.18 Å². The van der Waals surface area contributed by atoms with Crippen molar-refractivity contribution in [2.45, 2.75) is 25.8 Å². The van der Waals surface area contributed by atoms with Crippen LogP contribution in [0.2, 0.25) is 0 Å². The van der Waals surface area contributed by atoms with Crippen molar-refractivity contribution in [2.24, 2.45) is 0 Å². The smallest absolute Gasteiger partial charge is 0.168 e. The summed E-state index contributed by atoms with van der Waals surface area (Å²) in [5.41, 5.74) is 5.11. The van der Waals surface area contributed by atoms with Gasteiger partial charge in [-0.1, -0.05) is 0 Å². The van der Waals surface area contributed by atoms with Gasteiger partial charge in [-0.25, -0.2) is 4.39 Å². The zero-order chi connectivity index (χ0) is 21.9. The van der Waals surface area contributed by atoms with Crippen molar-refractivity contribution in [3.8, 4) is 11.1 Å². The summed E-state index contributed by atoms with van der Waals surface area (Å²) in [4.78, 5) is 28.4. The number of nitrogens with zero attached hydrogens (tertiary/aromatic N) is 4. The Morgan fingerprint density at radius 2 is 1.69 bits per heavy atom. The van der Waals surface area contributed by atoms with E-state index in [0.717, 1.165) is 41.7 Å². The Morgan fingerprint density at radius 3 is 2.50 bits per heavy atom. The second-order valence-electron chi connectivity index (χ2n) is 8.26. The number of carbonyl (C=O) groups is 1. The maximum atomic E-state index is 13.1. The van der Waals surface area contributed by atoms with E-state index in [1.807, 2.05) is 24.7 Å². The molecule has 1 aromatic carbocycles. The number of aromatic nitrogens is 3. The summed E-state index contributed by atoms with van der Waals surface area (Å²) in [6, 6.07) is 11.7. The average Bonchev–Trinajstić information content (AvgIpc) is 3.32. The normalized spacial score (nSPS) is 14.2. The first-order valence-electron chi connectivity index (χ1n) is 10.8. The molecule has 160 valence electrons. The molecule has 0 atom stereocenters. The molecule has 5 rings (SSSR count). The third-order valence-corrected chi connectivity index (χ3v) is 5.87. The van der Waals surface area contributed by atoms with Crippen LogP contribution in [0.15, 0.2) is 67.3 Å². The molecular weight excluding hydrogens is 403 g/mol. The predicted molar refractivity (Wildman–Crippen MR) is 122 cm³/mol. The first kappa shape index (κ1) is 20.4. The van der Waals surface area contributed by atoms with Crippen LogP contribution < -0.4 is 0 Å². The van der Waals surface area contributed by atoms with Crippen molar-refractivity contribution >= 4 is 16.7 Å². The Kier molecular flexibility index (Phi) is 5.69. The Labute approximate surface area is 186 Å². The van der Waals surface area contributed by atoms with Crippen LogP contribution in [-0.4, -0.2) is 38.7 Å². The van der Waals surface area contributed by atoms with Gasteiger partial charge in [-0.05, 0) is 74.0 Å². The molecule has 1 saturated heterocycles. The summed E-state index contributed by atoms with van der Waals surface area (Å²) in [7, 11) is 0. The van der Waals surface area contributed by atoms with Crippen molar-refractivity contribution in [1.29, 1.82) is 0 Å². The van der Waals surface area contributed by atoms with Crippen molar-refractivity contribution < 1.29 is 9.18 Å². The first-order valence-corrected chi connectivity index (χ1v) is 10.8. The van der Waals surface area contributed by atoms with Crippen LogP contribution in [0.1, 0.15) is 34.5 Å². The van der Waals surface area contributed by atoms with E-state index in [1.165, 1.54) is 42.7 Å². The van der Waals surface area contributed by atoms with Crippen LogP contribution in [0, 0.1) is 5.82 Å². The minimum Gasteiger partial charge on any atom is -0.299 e. The Bertz CT molecular complexity index is 1270. The Morgan fingerprint density at radius 1 is 0.906 bits per heavy atom. The van der Waals surface area contributed by atoms with Crippen LogP contribution >= 0.6 is 0 Å². The van der Waals surface area contributed by atoms with Gasteiger partial charge < -0.3 is 0 Å². The van der Waals surface area contributed by atoms with Gasteiger partial charge in [0, 0.05) is 52.9 Å². The van der Waals surface area contributed by atoms with Crippen LogP contribution in [-0.2, 0) is 13.0 Å². The third kappa shape index (κ3) is 4.55. The minimum atomic E-state index is -0.358. The van der Waals surface area contributed by atoms with Crippen molar-refractivity contribution in [3.63, 3.8) is 0 Å². The van der Waals surface area contributed by atoms with Gasteiger partial charge in [0.25, 0.3) is 0 Å². The summed E-state index contributed by atoms with van der Waals surface area (Å²) in [6.45, 7) is 3.21.